The van der Waals surface area contributed by atoms with E-state index in [4.69, 9.17) is 0 Å². The van der Waals surface area contributed by atoms with Crippen LogP contribution in [0.3, 0.4) is 0 Å². The van der Waals surface area contributed by atoms with Crippen molar-refractivity contribution in [3.8, 4) is 0 Å². The maximum atomic E-state index is 12.9. The quantitative estimate of drug-likeness (QED) is 0.675. The number of hydrogen-bond acceptors (Lipinski definition) is 2. The molecule has 2 aromatic carbocycles. The van der Waals surface area contributed by atoms with Crippen molar-refractivity contribution in [1.29, 1.82) is 0 Å². The number of aryl methyl sites for hydroxylation is 1. The van der Waals surface area contributed by atoms with Crippen molar-refractivity contribution in [2.75, 3.05) is 6.54 Å². The first kappa shape index (κ1) is 18.4. The lowest BCUT2D eigenvalue weighted by Gasteiger charge is -2.24. The fourth-order valence-electron chi connectivity index (χ4n) is 4.22. The minimum Gasteiger partial charge on any atom is -0.355 e. The summed E-state index contributed by atoms with van der Waals surface area (Å²) >= 11 is 0. The summed E-state index contributed by atoms with van der Waals surface area (Å²) in [5, 5.41) is 3.18. The van der Waals surface area contributed by atoms with E-state index in [-0.39, 0.29) is 17.7 Å². The maximum absolute atomic E-state index is 12.9. The van der Waals surface area contributed by atoms with Gasteiger partial charge in [0.15, 0.2) is 0 Å². The number of nitrogens with zero attached hydrogens (tertiary/aromatic N) is 1. The van der Waals surface area contributed by atoms with Crippen LogP contribution in [-0.2, 0) is 11.2 Å². The summed E-state index contributed by atoms with van der Waals surface area (Å²) in [7, 11) is 0. The topological polar surface area (TPSA) is 42.0 Å². The number of aromatic nitrogens is 1. The molecule has 0 spiro atoms. The molecule has 0 saturated carbocycles. The van der Waals surface area contributed by atoms with Crippen LogP contribution in [-0.4, -0.2) is 17.4 Å². The number of carbonyl (C=O) groups is 1. The Bertz CT molecular complexity index is 869. The van der Waals surface area contributed by atoms with Gasteiger partial charge in [0.2, 0.25) is 5.91 Å². The number of pyridine rings is 1. The van der Waals surface area contributed by atoms with Crippen LogP contribution < -0.4 is 5.32 Å². The van der Waals surface area contributed by atoms with Crippen LogP contribution in [0, 0.1) is 0 Å². The highest BCUT2D eigenvalue weighted by atomic mass is 16.1. The summed E-state index contributed by atoms with van der Waals surface area (Å²) < 4.78 is 0. The van der Waals surface area contributed by atoms with E-state index in [1.807, 2.05) is 18.2 Å². The number of amides is 1. The SMILES string of the molecule is O=C(NCCC(c1ccccc1)c1ccccc1)C1CCCc2cccnc21. The average Bonchev–Trinajstić information content (AvgIpc) is 2.77. The van der Waals surface area contributed by atoms with Crippen LogP contribution in [0.5, 0.6) is 0 Å². The van der Waals surface area contributed by atoms with Crippen molar-refractivity contribution in [3.63, 3.8) is 0 Å². The van der Waals surface area contributed by atoms with Gasteiger partial charge in [-0.15, -0.1) is 0 Å². The Morgan fingerprint density at radius 1 is 0.964 bits per heavy atom. The summed E-state index contributed by atoms with van der Waals surface area (Å²) in [6.45, 7) is 0.659. The minimum atomic E-state index is -0.114. The first-order valence-corrected chi connectivity index (χ1v) is 10.1. The van der Waals surface area contributed by atoms with Crippen molar-refractivity contribution < 1.29 is 4.79 Å². The molecule has 1 unspecified atom stereocenters. The van der Waals surface area contributed by atoms with E-state index >= 15 is 0 Å². The second kappa shape index (κ2) is 8.83. The highest BCUT2D eigenvalue weighted by molar-refractivity contribution is 5.83. The zero-order valence-corrected chi connectivity index (χ0v) is 16.1. The highest BCUT2D eigenvalue weighted by Gasteiger charge is 2.27. The van der Waals surface area contributed by atoms with Crippen LogP contribution in [0.1, 0.15) is 53.5 Å². The van der Waals surface area contributed by atoms with Gasteiger partial charge in [-0.25, -0.2) is 0 Å². The molecule has 0 fully saturated rings. The van der Waals surface area contributed by atoms with Crippen molar-refractivity contribution in [1.82, 2.24) is 10.3 Å². The number of fused-ring (bicyclic) bond motifs is 1. The normalized spacial score (nSPS) is 15.8. The Hall–Kier alpha value is -2.94. The molecule has 0 radical (unpaired) electrons. The molecule has 1 aliphatic carbocycles. The third kappa shape index (κ3) is 4.14. The largest absolute Gasteiger partial charge is 0.355 e. The molecule has 1 heterocycles. The monoisotopic (exact) mass is 370 g/mol. The van der Waals surface area contributed by atoms with Gasteiger partial charge in [0.25, 0.3) is 0 Å². The number of hydrogen-bond donors (Lipinski definition) is 1. The van der Waals surface area contributed by atoms with E-state index in [9.17, 15) is 4.79 Å². The van der Waals surface area contributed by atoms with Crippen LogP contribution in [0.4, 0.5) is 0 Å². The molecule has 1 amide bonds. The molecule has 3 heteroatoms. The lowest BCUT2D eigenvalue weighted by Crippen LogP contribution is -2.33. The van der Waals surface area contributed by atoms with Crippen molar-refractivity contribution in [3.05, 3.63) is 101 Å². The van der Waals surface area contributed by atoms with Gasteiger partial charge in [0.1, 0.15) is 0 Å². The number of benzene rings is 2. The van der Waals surface area contributed by atoms with Gasteiger partial charge in [-0.1, -0.05) is 66.7 Å². The zero-order valence-electron chi connectivity index (χ0n) is 16.1. The van der Waals surface area contributed by atoms with E-state index in [0.29, 0.717) is 6.54 Å². The molecule has 1 aliphatic rings. The Balaban J connectivity index is 1.43. The second-order valence-corrected chi connectivity index (χ2v) is 7.45. The molecule has 0 aliphatic heterocycles. The van der Waals surface area contributed by atoms with Crippen LogP contribution in [0.25, 0.3) is 0 Å². The van der Waals surface area contributed by atoms with E-state index in [1.54, 1.807) is 6.20 Å². The highest BCUT2D eigenvalue weighted by Crippen LogP contribution is 2.30. The molecule has 142 valence electrons. The van der Waals surface area contributed by atoms with Gasteiger partial charge >= 0.3 is 0 Å². The molecule has 1 N–H and O–H groups in total. The summed E-state index contributed by atoms with van der Waals surface area (Å²) in [6, 6.07) is 25.1. The van der Waals surface area contributed by atoms with Gasteiger partial charge in [-0.2, -0.15) is 0 Å². The smallest absolute Gasteiger partial charge is 0.229 e. The average molecular weight is 370 g/mol. The lowest BCUT2D eigenvalue weighted by molar-refractivity contribution is -0.123. The molecule has 0 saturated heterocycles. The molecule has 3 aromatic rings. The van der Waals surface area contributed by atoms with E-state index < -0.39 is 0 Å². The van der Waals surface area contributed by atoms with Crippen molar-refractivity contribution in [2.24, 2.45) is 0 Å². The lowest BCUT2D eigenvalue weighted by atomic mass is 9.85. The van der Waals surface area contributed by atoms with Gasteiger partial charge in [0, 0.05) is 18.7 Å². The summed E-state index contributed by atoms with van der Waals surface area (Å²) in [5.41, 5.74) is 4.76. The van der Waals surface area contributed by atoms with Crippen LogP contribution >= 0.6 is 0 Å². The third-order valence-corrected chi connectivity index (χ3v) is 5.65. The standard InChI is InChI=1S/C25H26N2O/c28-25(23-15-7-13-21-14-8-17-26-24(21)23)27-18-16-22(19-9-3-1-4-10-19)20-11-5-2-6-12-20/h1-6,8-12,14,17,22-23H,7,13,15-16,18H2,(H,27,28). The Labute approximate surface area is 166 Å². The zero-order chi connectivity index (χ0) is 19.2. The van der Waals surface area contributed by atoms with Crippen LogP contribution in [0.15, 0.2) is 79.0 Å². The predicted molar refractivity (Wildman–Crippen MR) is 112 cm³/mol. The van der Waals surface area contributed by atoms with Gasteiger partial charge in [-0.3, -0.25) is 9.78 Å². The Morgan fingerprint density at radius 3 is 2.32 bits per heavy atom. The van der Waals surface area contributed by atoms with E-state index in [0.717, 1.165) is 31.4 Å². The molecule has 28 heavy (non-hydrogen) atoms. The molecule has 1 aromatic heterocycles. The van der Waals surface area contributed by atoms with Crippen molar-refractivity contribution in [2.45, 2.75) is 37.5 Å². The molecular formula is C25H26N2O. The molecule has 4 rings (SSSR count). The second-order valence-electron chi connectivity index (χ2n) is 7.45. The minimum absolute atomic E-state index is 0.111. The summed E-state index contributed by atoms with van der Waals surface area (Å²) in [4.78, 5) is 17.4. The predicted octanol–water partition coefficient (Wildman–Crippen LogP) is 4.84. The van der Waals surface area contributed by atoms with E-state index in [1.165, 1.54) is 16.7 Å². The van der Waals surface area contributed by atoms with Gasteiger partial charge < -0.3 is 5.32 Å². The van der Waals surface area contributed by atoms with E-state index in [2.05, 4.69) is 64.9 Å². The third-order valence-electron chi connectivity index (χ3n) is 5.65. The molecule has 3 nitrogen and oxygen atoms in total. The maximum Gasteiger partial charge on any atom is 0.229 e. The number of nitrogens with one attached hydrogen (secondary N) is 1. The fraction of sp³-hybridized carbons (Fsp3) is 0.280. The molecule has 0 bridgehead atoms. The number of rotatable bonds is 6. The first-order valence-electron chi connectivity index (χ1n) is 10.1. The Morgan fingerprint density at radius 2 is 1.64 bits per heavy atom. The van der Waals surface area contributed by atoms with Gasteiger partial charge in [0.05, 0.1) is 11.6 Å². The Kier molecular flexibility index (Phi) is 5.81. The van der Waals surface area contributed by atoms with Crippen LogP contribution in [0.2, 0.25) is 0 Å². The molecular weight excluding hydrogens is 344 g/mol. The molecule has 1 atom stereocenters. The summed E-state index contributed by atoms with van der Waals surface area (Å²) in [5.74, 6) is 0.274. The van der Waals surface area contributed by atoms with Crippen molar-refractivity contribution >= 4 is 5.91 Å². The number of carbonyl (C=O) groups excluding carboxylic acids is 1. The van der Waals surface area contributed by atoms with Gasteiger partial charge in [-0.05, 0) is 48.4 Å². The summed E-state index contributed by atoms with van der Waals surface area (Å²) in [6.07, 6.45) is 5.63. The fourth-order valence-corrected chi connectivity index (χ4v) is 4.22. The first-order chi connectivity index (χ1) is 13.8.